The Kier molecular flexibility index (Phi) is 5.23. The van der Waals surface area contributed by atoms with Crippen LogP contribution >= 0.6 is 0 Å². The van der Waals surface area contributed by atoms with Crippen molar-refractivity contribution in [1.29, 1.82) is 0 Å². The van der Waals surface area contributed by atoms with Crippen molar-refractivity contribution >= 4 is 0 Å². The Morgan fingerprint density at radius 3 is 2.45 bits per heavy atom. The number of nitrogens with two attached hydrogens (primary N) is 1. The molecule has 0 radical (unpaired) electrons. The first-order valence-corrected chi connectivity index (χ1v) is 7.03. The molecule has 5 heteroatoms. The van der Waals surface area contributed by atoms with Crippen LogP contribution in [0.25, 0.3) is 0 Å². The Labute approximate surface area is 120 Å². The summed E-state index contributed by atoms with van der Waals surface area (Å²) in [6, 6.07) is 5.11. The van der Waals surface area contributed by atoms with Crippen LogP contribution in [0.3, 0.4) is 0 Å². The smallest absolute Gasteiger partial charge is 0.161 e. The third-order valence-electron chi connectivity index (χ3n) is 3.82. The van der Waals surface area contributed by atoms with Crippen LogP contribution < -0.4 is 15.2 Å². The molecule has 1 aromatic rings. The Bertz CT molecular complexity index is 433. The monoisotopic (exact) mass is 280 g/mol. The predicted molar refractivity (Wildman–Crippen MR) is 78.2 cm³/mol. The topological polar surface area (TPSA) is 68.0 Å². The molecule has 0 aromatic heterocycles. The van der Waals surface area contributed by atoms with Crippen molar-refractivity contribution in [3.8, 4) is 11.5 Å². The van der Waals surface area contributed by atoms with E-state index in [1.54, 1.807) is 26.4 Å². The van der Waals surface area contributed by atoms with Gasteiger partial charge in [0.05, 0.1) is 20.3 Å². The van der Waals surface area contributed by atoms with Gasteiger partial charge in [-0.05, 0) is 43.6 Å². The Hall–Kier alpha value is -1.30. The van der Waals surface area contributed by atoms with Crippen LogP contribution in [0.5, 0.6) is 11.5 Å². The van der Waals surface area contributed by atoms with Crippen LogP contribution in [0.2, 0.25) is 0 Å². The summed E-state index contributed by atoms with van der Waals surface area (Å²) in [7, 11) is 3.17. The molecular weight excluding hydrogens is 256 g/mol. The lowest BCUT2D eigenvalue weighted by Gasteiger charge is -2.25. The molecule has 0 amide bonds. The maximum absolute atomic E-state index is 10.4. The van der Waals surface area contributed by atoms with Crippen molar-refractivity contribution in [2.24, 2.45) is 5.73 Å². The van der Waals surface area contributed by atoms with Crippen molar-refractivity contribution in [3.63, 3.8) is 0 Å². The van der Waals surface area contributed by atoms with E-state index >= 15 is 0 Å². The van der Waals surface area contributed by atoms with E-state index in [9.17, 15) is 5.11 Å². The van der Waals surface area contributed by atoms with Crippen LogP contribution in [0, 0.1) is 0 Å². The van der Waals surface area contributed by atoms with E-state index < -0.39 is 6.10 Å². The quantitative estimate of drug-likeness (QED) is 0.818. The summed E-state index contributed by atoms with van der Waals surface area (Å²) in [4.78, 5) is 2.30. The van der Waals surface area contributed by atoms with E-state index in [0.717, 1.165) is 25.2 Å². The minimum atomic E-state index is -0.699. The minimum Gasteiger partial charge on any atom is -0.493 e. The molecule has 1 saturated heterocycles. The number of benzene rings is 1. The summed E-state index contributed by atoms with van der Waals surface area (Å²) in [5.41, 5.74) is 6.89. The molecule has 1 fully saturated rings. The Balaban J connectivity index is 2.05. The predicted octanol–water partition coefficient (Wildman–Crippen LogP) is 1.16. The van der Waals surface area contributed by atoms with Crippen molar-refractivity contribution in [3.05, 3.63) is 23.8 Å². The normalized spacial score (nSPS) is 18.8. The van der Waals surface area contributed by atoms with Gasteiger partial charge in [-0.2, -0.15) is 0 Å². The summed E-state index contributed by atoms with van der Waals surface area (Å²) in [5, 5.41) is 10.4. The summed E-state index contributed by atoms with van der Waals surface area (Å²) in [6.45, 7) is 2.87. The fourth-order valence-corrected chi connectivity index (χ4v) is 2.65. The fraction of sp³-hybridized carbons (Fsp3) is 0.600. The van der Waals surface area contributed by atoms with Gasteiger partial charge in [-0.15, -0.1) is 0 Å². The van der Waals surface area contributed by atoms with Crippen LogP contribution in [-0.4, -0.2) is 49.9 Å². The van der Waals surface area contributed by atoms with Gasteiger partial charge in [-0.3, -0.25) is 0 Å². The lowest BCUT2D eigenvalue weighted by Crippen LogP contribution is -2.40. The maximum Gasteiger partial charge on any atom is 0.161 e. The first-order chi connectivity index (χ1) is 9.65. The zero-order chi connectivity index (χ0) is 14.5. The highest BCUT2D eigenvalue weighted by molar-refractivity contribution is 5.43. The summed E-state index contributed by atoms with van der Waals surface area (Å²) < 4.78 is 10.4. The van der Waals surface area contributed by atoms with Gasteiger partial charge in [0.2, 0.25) is 0 Å². The molecule has 0 saturated carbocycles. The maximum atomic E-state index is 10.4. The number of ether oxygens (including phenoxy) is 2. The molecule has 2 atom stereocenters. The summed E-state index contributed by atoms with van der Waals surface area (Å²) in [6.07, 6.45) is 1.74. The lowest BCUT2D eigenvalue weighted by molar-refractivity contribution is 0.125. The molecular formula is C15H24N2O3. The van der Waals surface area contributed by atoms with Gasteiger partial charge in [0.15, 0.2) is 11.5 Å². The highest BCUT2D eigenvalue weighted by Gasteiger charge is 2.22. The standard InChI is InChI=1S/C15H24N2O3/c1-19-13-6-5-11(9-14(13)20-2)15(18)12(16)10-17-7-3-4-8-17/h5-6,9,12,15,18H,3-4,7-8,10,16H2,1-2H3/t12-,15-/m1/s1. The molecule has 1 aliphatic heterocycles. The van der Waals surface area contributed by atoms with E-state index in [2.05, 4.69) is 4.90 Å². The van der Waals surface area contributed by atoms with E-state index in [1.165, 1.54) is 12.8 Å². The van der Waals surface area contributed by atoms with Crippen LogP contribution in [-0.2, 0) is 0 Å². The average molecular weight is 280 g/mol. The molecule has 1 aliphatic rings. The number of likely N-dealkylation sites (tertiary alicyclic amines) is 1. The second-order valence-corrected chi connectivity index (χ2v) is 5.23. The molecule has 0 bridgehead atoms. The third kappa shape index (κ3) is 3.42. The van der Waals surface area contributed by atoms with Crippen molar-refractivity contribution in [2.75, 3.05) is 33.9 Å². The van der Waals surface area contributed by atoms with Gasteiger partial charge in [0, 0.05) is 12.6 Å². The molecule has 1 aromatic carbocycles. The molecule has 0 spiro atoms. The van der Waals surface area contributed by atoms with Crippen molar-refractivity contribution in [2.45, 2.75) is 25.0 Å². The van der Waals surface area contributed by atoms with Gasteiger partial charge < -0.3 is 25.2 Å². The Morgan fingerprint density at radius 1 is 1.20 bits per heavy atom. The second-order valence-electron chi connectivity index (χ2n) is 5.23. The molecule has 3 N–H and O–H groups in total. The second kappa shape index (κ2) is 6.92. The third-order valence-corrected chi connectivity index (χ3v) is 3.82. The number of nitrogens with zero attached hydrogens (tertiary/aromatic N) is 1. The average Bonchev–Trinajstić information content (AvgIpc) is 2.98. The molecule has 0 aliphatic carbocycles. The van der Waals surface area contributed by atoms with Gasteiger partial charge in [-0.1, -0.05) is 6.07 Å². The van der Waals surface area contributed by atoms with Crippen LogP contribution in [0.15, 0.2) is 18.2 Å². The molecule has 1 heterocycles. The summed E-state index contributed by atoms with van der Waals surface area (Å²) in [5.74, 6) is 1.26. The number of hydrogen-bond donors (Lipinski definition) is 2. The Morgan fingerprint density at radius 2 is 1.85 bits per heavy atom. The number of hydrogen-bond acceptors (Lipinski definition) is 5. The fourth-order valence-electron chi connectivity index (χ4n) is 2.65. The van der Waals surface area contributed by atoms with Gasteiger partial charge in [0.25, 0.3) is 0 Å². The highest BCUT2D eigenvalue weighted by Crippen LogP contribution is 2.30. The van der Waals surface area contributed by atoms with E-state index in [-0.39, 0.29) is 6.04 Å². The zero-order valence-electron chi connectivity index (χ0n) is 12.2. The van der Waals surface area contributed by atoms with E-state index in [0.29, 0.717) is 11.5 Å². The van der Waals surface area contributed by atoms with Crippen molar-refractivity contribution in [1.82, 2.24) is 4.90 Å². The molecule has 2 rings (SSSR count). The molecule has 5 nitrogen and oxygen atoms in total. The molecule has 0 unspecified atom stereocenters. The minimum absolute atomic E-state index is 0.300. The zero-order valence-corrected chi connectivity index (χ0v) is 12.2. The SMILES string of the molecule is COc1ccc([C@@H](O)[C@H](N)CN2CCCC2)cc1OC. The molecule has 20 heavy (non-hydrogen) atoms. The van der Waals surface area contributed by atoms with Gasteiger partial charge in [0.1, 0.15) is 0 Å². The van der Waals surface area contributed by atoms with E-state index in [4.69, 9.17) is 15.2 Å². The summed E-state index contributed by atoms with van der Waals surface area (Å²) >= 11 is 0. The van der Waals surface area contributed by atoms with Crippen LogP contribution in [0.1, 0.15) is 24.5 Å². The lowest BCUT2D eigenvalue weighted by atomic mass is 10.0. The first kappa shape index (κ1) is 15.1. The number of aliphatic hydroxyl groups is 1. The number of rotatable bonds is 6. The highest BCUT2D eigenvalue weighted by atomic mass is 16.5. The van der Waals surface area contributed by atoms with Crippen molar-refractivity contribution < 1.29 is 14.6 Å². The number of aliphatic hydroxyl groups excluding tert-OH is 1. The van der Waals surface area contributed by atoms with E-state index in [1.807, 2.05) is 6.07 Å². The number of methoxy groups -OCH3 is 2. The van der Waals surface area contributed by atoms with Crippen LogP contribution in [0.4, 0.5) is 0 Å². The largest absolute Gasteiger partial charge is 0.493 e. The van der Waals surface area contributed by atoms with Gasteiger partial charge in [-0.25, -0.2) is 0 Å². The molecule has 112 valence electrons. The first-order valence-electron chi connectivity index (χ1n) is 7.03. The van der Waals surface area contributed by atoms with Gasteiger partial charge >= 0.3 is 0 Å².